The highest BCUT2D eigenvalue weighted by molar-refractivity contribution is 7.89. The number of benzene rings is 1. The van der Waals surface area contributed by atoms with E-state index in [1.165, 1.54) is 28.6 Å². The van der Waals surface area contributed by atoms with Crippen molar-refractivity contribution in [2.24, 2.45) is 0 Å². The van der Waals surface area contributed by atoms with Gasteiger partial charge in [-0.15, -0.1) is 0 Å². The summed E-state index contributed by atoms with van der Waals surface area (Å²) in [6.07, 6.45) is -0.283. The molecule has 0 saturated carbocycles. The standard InChI is InChI=1S/C15H21NO5S/c1-4-20-15(17)13-5-7-14(8-6-13)22(18,19)16-9-11(2)21-12(3)10-16/h5-8,11-12H,4,9-10H2,1-3H3/t11-,12-/m0/s1. The number of esters is 1. The summed E-state index contributed by atoms with van der Waals surface area (Å²) >= 11 is 0. The van der Waals surface area contributed by atoms with Crippen molar-refractivity contribution in [3.8, 4) is 0 Å². The van der Waals surface area contributed by atoms with Crippen LogP contribution in [-0.2, 0) is 19.5 Å². The Balaban J connectivity index is 2.21. The number of carbonyl (C=O) groups is 1. The smallest absolute Gasteiger partial charge is 0.338 e. The Kier molecular flexibility index (Phi) is 5.20. The molecule has 122 valence electrons. The molecule has 1 saturated heterocycles. The van der Waals surface area contributed by atoms with Crippen LogP contribution in [0.4, 0.5) is 0 Å². The van der Waals surface area contributed by atoms with E-state index in [0.29, 0.717) is 18.7 Å². The highest BCUT2D eigenvalue weighted by Gasteiger charge is 2.32. The van der Waals surface area contributed by atoms with Gasteiger partial charge in [-0.2, -0.15) is 4.31 Å². The average Bonchev–Trinajstić information content (AvgIpc) is 2.46. The molecule has 7 heteroatoms. The molecule has 0 spiro atoms. The third-order valence-electron chi connectivity index (χ3n) is 3.39. The van der Waals surface area contributed by atoms with Gasteiger partial charge in [-0.3, -0.25) is 0 Å². The molecule has 0 unspecified atom stereocenters. The second-order valence-electron chi connectivity index (χ2n) is 5.32. The maximum atomic E-state index is 12.6. The minimum absolute atomic E-state index is 0.141. The van der Waals surface area contributed by atoms with Gasteiger partial charge in [0, 0.05) is 13.1 Å². The summed E-state index contributed by atoms with van der Waals surface area (Å²) < 4.78 is 37.1. The van der Waals surface area contributed by atoms with Crippen LogP contribution in [0.2, 0.25) is 0 Å². The zero-order valence-electron chi connectivity index (χ0n) is 13.0. The molecule has 1 aliphatic heterocycles. The van der Waals surface area contributed by atoms with Crippen LogP contribution in [0.5, 0.6) is 0 Å². The Hall–Kier alpha value is -1.44. The number of ether oxygens (including phenoxy) is 2. The van der Waals surface area contributed by atoms with E-state index >= 15 is 0 Å². The largest absolute Gasteiger partial charge is 0.462 e. The monoisotopic (exact) mass is 327 g/mol. The lowest BCUT2D eigenvalue weighted by Gasteiger charge is -2.34. The summed E-state index contributed by atoms with van der Waals surface area (Å²) in [4.78, 5) is 11.8. The van der Waals surface area contributed by atoms with Crippen LogP contribution < -0.4 is 0 Å². The molecule has 2 atom stereocenters. The first-order valence-corrected chi connectivity index (χ1v) is 8.71. The van der Waals surface area contributed by atoms with Gasteiger partial charge in [-0.05, 0) is 45.0 Å². The summed E-state index contributed by atoms with van der Waals surface area (Å²) in [6.45, 7) is 6.35. The number of hydrogen-bond acceptors (Lipinski definition) is 5. The summed E-state index contributed by atoms with van der Waals surface area (Å²) in [5.74, 6) is -0.458. The van der Waals surface area contributed by atoms with Crippen LogP contribution in [-0.4, -0.2) is 50.6 Å². The van der Waals surface area contributed by atoms with Gasteiger partial charge in [0.05, 0.1) is 29.3 Å². The molecule has 0 bridgehead atoms. The molecular weight excluding hydrogens is 306 g/mol. The minimum atomic E-state index is -3.58. The van der Waals surface area contributed by atoms with Gasteiger partial charge in [-0.25, -0.2) is 13.2 Å². The van der Waals surface area contributed by atoms with Crippen molar-refractivity contribution < 1.29 is 22.7 Å². The Morgan fingerprint density at radius 2 is 1.77 bits per heavy atom. The van der Waals surface area contributed by atoms with Crippen LogP contribution in [0.1, 0.15) is 31.1 Å². The SMILES string of the molecule is CCOC(=O)c1ccc(S(=O)(=O)N2C[C@H](C)O[C@@H](C)C2)cc1. The van der Waals surface area contributed by atoms with E-state index in [1.54, 1.807) is 6.92 Å². The molecule has 6 nitrogen and oxygen atoms in total. The van der Waals surface area contributed by atoms with Crippen molar-refractivity contribution in [2.75, 3.05) is 19.7 Å². The predicted molar refractivity (Wildman–Crippen MR) is 81.2 cm³/mol. The third-order valence-corrected chi connectivity index (χ3v) is 5.24. The quantitative estimate of drug-likeness (QED) is 0.787. The lowest BCUT2D eigenvalue weighted by atomic mass is 10.2. The van der Waals surface area contributed by atoms with E-state index in [0.717, 1.165) is 0 Å². The van der Waals surface area contributed by atoms with Crippen molar-refractivity contribution in [2.45, 2.75) is 37.9 Å². The van der Waals surface area contributed by atoms with Crippen LogP contribution in [0.15, 0.2) is 29.2 Å². The third kappa shape index (κ3) is 3.66. The van der Waals surface area contributed by atoms with E-state index in [2.05, 4.69) is 0 Å². The fraction of sp³-hybridized carbons (Fsp3) is 0.533. The van der Waals surface area contributed by atoms with Gasteiger partial charge in [0.2, 0.25) is 10.0 Å². The highest BCUT2D eigenvalue weighted by Crippen LogP contribution is 2.21. The molecule has 0 aliphatic carbocycles. The molecule has 1 aliphatic rings. The molecule has 1 aromatic rings. The topological polar surface area (TPSA) is 72.9 Å². The maximum absolute atomic E-state index is 12.6. The van der Waals surface area contributed by atoms with Crippen molar-refractivity contribution in [1.82, 2.24) is 4.31 Å². The lowest BCUT2D eigenvalue weighted by molar-refractivity contribution is -0.0440. The number of hydrogen-bond donors (Lipinski definition) is 0. The molecule has 0 amide bonds. The average molecular weight is 327 g/mol. The molecule has 0 radical (unpaired) electrons. The maximum Gasteiger partial charge on any atom is 0.338 e. The molecule has 22 heavy (non-hydrogen) atoms. The summed E-state index contributed by atoms with van der Waals surface area (Å²) in [5, 5.41) is 0. The van der Waals surface area contributed by atoms with E-state index in [1.807, 2.05) is 13.8 Å². The lowest BCUT2D eigenvalue weighted by Crippen LogP contribution is -2.48. The second kappa shape index (κ2) is 6.76. The fourth-order valence-electron chi connectivity index (χ4n) is 2.45. The molecule has 2 rings (SSSR count). The summed E-state index contributed by atoms with van der Waals surface area (Å²) in [5.41, 5.74) is 0.338. The first-order valence-electron chi connectivity index (χ1n) is 7.27. The summed E-state index contributed by atoms with van der Waals surface area (Å²) in [7, 11) is -3.58. The minimum Gasteiger partial charge on any atom is -0.462 e. The summed E-state index contributed by atoms with van der Waals surface area (Å²) in [6, 6.07) is 5.81. The zero-order chi connectivity index (χ0) is 16.3. The number of morpholine rings is 1. The van der Waals surface area contributed by atoms with E-state index in [4.69, 9.17) is 9.47 Å². The zero-order valence-corrected chi connectivity index (χ0v) is 13.8. The molecule has 1 heterocycles. The fourth-order valence-corrected chi connectivity index (χ4v) is 4.04. The van der Waals surface area contributed by atoms with Crippen molar-refractivity contribution in [3.63, 3.8) is 0 Å². The first-order chi connectivity index (χ1) is 10.3. The van der Waals surface area contributed by atoms with Crippen molar-refractivity contribution in [3.05, 3.63) is 29.8 Å². The number of nitrogens with zero attached hydrogens (tertiary/aromatic N) is 1. The van der Waals surface area contributed by atoms with Gasteiger partial charge in [-0.1, -0.05) is 0 Å². The van der Waals surface area contributed by atoms with Gasteiger partial charge < -0.3 is 9.47 Å². The van der Waals surface area contributed by atoms with Gasteiger partial charge in [0.25, 0.3) is 0 Å². The number of sulfonamides is 1. The Morgan fingerprint density at radius 1 is 1.23 bits per heavy atom. The molecule has 1 aromatic carbocycles. The van der Waals surface area contributed by atoms with Crippen LogP contribution >= 0.6 is 0 Å². The predicted octanol–water partition coefficient (Wildman–Crippen LogP) is 1.66. The van der Waals surface area contributed by atoms with Gasteiger partial charge >= 0.3 is 5.97 Å². The first kappa shape index (κ1) is 16.9. The van der Waals surface area contributed by atoms with E-state index < -0.39 is 16.0 Å². The molecular formula is C15H21NO5S. The van der Waals surface area contributed by atoms with E-state index in [-0.39, 0.29) is 23.7 Å². The Labute approximate surface area is 131 Å². The Morgan fingerprint density at radius 3 is 2.27 bits per heavy atom. The van der Waals surface area contributed by atoms with Crippen LogP contribution in [0.3, 0.4) is 0 Å². The normalized spacial score (nSPS) is 23.2. The van der Waals surface area contributed by atoms with Crippen molar-refractivity contribution >= 4 is 16.0 Å². The van der Waals surface area contributed by atoms with Crippen LogP contribution in [0.25, 0.3) is 0 Å². The number of carbonyl (C=O) groups excluding carboxylic acids is 1. The molecule has 0 N–H and O–H groups in total. The van der Waals surface area contributed by atoms with Crippen molar-refractivity contribution in [1.29, 1.82) is 0 Å². The Bertz CT molecular complexity index is 616. The van der Waals surface area contributed by atoms with E-state index in [9.17, 15) is 13.2 Å². The second-order valence-corrected chi connectivity index (χ2v) is 7.26. The molecule has 1 fully saturated rings. The van der Waals surface area contributed by atoms with Gasteiger partial charge in [0.1, 0.15) is 0 Å². The van der Waals surface area contributed by atoms with Crippen LogP contribution in [0, 0.1) is 0 Å². The highest BCUT2D eigenvalue weighted by atomic mass is 32.2. The number of rotatable bonds is 4. The van der Waals surface area contributed by atoms with Gasteiger partial charge in [0.15, 0.2) is 0 Å². The molecule has 0 aromatic heterocycles.